The van der Waals surface area contributed by atoms with Crippen LogP contribution in [0, 0.1) is 23.7 Å². The molecule has 2 bridgehead atoms. The van der Waals surface area contributed by atoms with Gasteiger partial charge in [0.05, 0.1) is 43.1 Å². The van der Waals surface area contributed by atoms with Crippen LogP contribution in [0.25, 0.3) is 11.0 Å². The van der Waals surface area contributed by atoms with Crippen molar-refractivity contribution in [1.29, 1.82) is 0 Å². The molecule has 6 atom stereocenters. The minimum absolute atomic E-state index is 0.0678. The Bertz CT molecular complexity index is 1410. The number of aldehydes is 1. The van der Waals surface area contributed by atoms with E-state index in [-0.39, 0.29) is 36.7 Å². The molecule has 2 aliphatic heterocycles. The molecule has 2 aliphatic carbocycles. The van der Waals surface area contributed by atoms with Crippen molar-refractivity contribution in [3.63, 3.8) is 0 Å². The lowest BCUT2D eigenvalue weighted by Crippen LogP contribution is -2.46. The van der Waals surface area contributed by atoms with Gasteiger partial charge < -0.3 is 23.9 Å². The topological polar surface area (TPSA) is 108 Å². The zero-order valence-electron chi connectivity index (χ0n) is 27.9. The summed E-state index contributed by atoms with van der Waals surface area (Å²) in [4.78, 5) is 52.6. The summed E-state index contributed by atoms with van der Waals surface area (Å²) >= 11 is 0. The van der Waals surface area contributed by atoms with Crippen molar-refractivity contribution in [2.24, 2.45) is 23.7 Å². The molecule has 9 nitrogen and oxygen atoms in total. The highest BCUT2D eigenvalue weighted by Crippen LogP contribution is 2.43. The fourth-order valence-corrected chi connectivity index (χ4v) is 8.86. The predicted molar refractivity (Wildman–Crippen MR) is 175 cm³/mol. The van der Waals surface area contributed by atoms with Gasteiger partial charge in [-0.15, -0.1) is 0 Å². The second-order valence-electron chi connectivity index (χ2n) is 14.4. The quantitative estimate of drug-likeness (QED) is 0.273. The molecule has 0 N–H and O–H groups in total. The summed E-state index contributed by atoms with van der Waals surface area (Å²) in [5.74, 6) is 0.498. The predicted octanol–water partition coefficient (Wildman–Crippen LogP) is 6.63. The Morgan fingerprint density at radius 3 is 2.52 bits per heavy atom. The van der Waals surface area contributed by atoms with E-state index < -0.39 is 23.7 Å². The van der Waals surface area contributed by atoms with E-state index in [4.69, 9.17) is 24.2 Å². The van der Waals surface area contributed by atoms with Gasteiger partial charge in [0.2, 0.25) is 11.8 Å². The van der Waals surface area contributed by atoms with E-state index in [1.807, 2.05) is 25.1 Å². The molecule has 6 rings (SSSR count). The van der Waals surface area contributed by atoms with Gasteiger partial charge in [-0.2, -0.15) is 0 Å². The highest BCUT2D eigenvalue weighted by Gasteiger charge is 2.48. The lowest BCUT2D eigenvalue weighted by atomic mass is 9.77. The van der Waals surface area contributed by atoms with Gasteiger partial charge in [-0.3, -0.25) is 9.59 Å². The molecule has 0 radical (unpaired) electrons. The molecule has 250 valence electrons. The number of rotatable bonds is 4. The number of carbonyl (C=O) groups excluding carboxylic acids is 3. The molecular weight excluding hydrogens is 582 g/mol. The van der Waals surface area contributed by atoms with Crippen LogP contribution in [0.5, 0.6) is 11.6 Å². The van der Waals surface area contributed by atoms with Crippen molar-refractivity contribution in [1.82, 2.24) is 14.9 Å². The number of methoxy groups -OCH3 is 1. The Balaban J connectivity index is 1.37. The second-order valence-corrected chi connectivity index (χ2v) is 14.4. The number of hydrogen-bond donors (Lipinski definition) is 0. The number of ether oxygens (including phenoxy) is 3. The number of benzene rings is 1. The SMILES string of the molecule is CC[C@@H]1[C@@H]2CN(C(=O)[C@H](C3CCCCC3)CC(=O)O[C@]3(C)CCC[C@H]3CCCCCc3nc4ccc(OC)cc4nc3O2)[C@@H]1C=O. The first-order valence-electron chi connectivity index (χ1n) is 17.8. The minimum Gasteiger partial charge on any atom is -0.497 e. The van der Waals surface area contributed by atoms with Crippen LogP contribution in [0.15, 0.2) is 18.2 Å². The van der Waals surface area contributed by atoms with Crippen LogP contribution in [-0.4, -0.2) is 64.4 Å². The van der Waals surface area contributed by atoms with Gasteiger partial charge in [0, 0.05) is 12.0 Å². The number of fused-ring (bicyclic) bond motifs is 5. The molecule has 1 saturated heterocycles. The monoisotopic (exact) mass is 633 g/mol. The molecule has 2 saturated carbocycles. The second kappa shape index (κ2) is 14.3. The Morgan fingerprint density at radius 2 is 1.76 bits per heavy atom. The van der Waals surface area contributed by atoms with Gasteiger partial charge in [-0.25, -0.2) is 9.97 Å². The molecule has 3 heterocycles. The summed E-state index contributed by atoms with van der Waals surface area (Å²) < 4.78 is 18.5. The van der Waals surface area contributed by atoms with Crippen LogP contribution in [0.1, 0.15) is 109 Å². The summed E-state index contributed by atoms with van der Waals surface area (Å²) in [6.07, 6.45) is 14.0. The standard InChI is InChI=1S/C37H51N3O6/c1-4-27-32(23-41)40-22-33(27)45-35-30(38-29-18-17-26(44-3)20-31(29)39-35)16-10-6-9-14-25-15-11-19-37(25,2)46-34(42)21-28(36(40)43)24-12-7-5-8-13-24/h17-18,20,23-25,27-28,32-33H,4-16,19,21-22H2,1-3H3/t25-,27+,28+,32-,33+,37-/m1/s1. The van der Waals surface area contributed by atoms with Crippen molar-refractivity contribution >= 4 is 29.2 Å². The summed E-state index contributed by atoms with van der Waals surface area (Å²) in [5.41, 5.74) is 1.78. The highest BCUT2D eigenvalue weighted by molar-refractivity contribution is 5.87. The number of esters is 1. The van der Waals surface area contributed by atoms with Gasteiger partial charge in [0.15, 0.2) is 0 Å². The molecule has 1 aromatic carbocycles. The fraction of sp³-hybridized carbons (Fsp3) is 0.703. The number of aryl methyl sites for hydroxylation is 1. The van der Waals surface area contributed by atoms with E-state index in [0.29, 0.717) is 35.9 Å². The van der Waals surface area contributed by atoms with E-state index in [1.165, 1.54) is 0 Å². The minimum atomic E-state index is -0.625. The van der Waals surface area contributed by atoms with E-state index in [9.17, 15) is 14.4 Å². The average molecular weight is 634 g/mol. The third-order valence-corrected chi connectivity index (χ3v) is 11.5. The number of amides is 1. The Hall–Kier alpha value is -3.23. The smallest absolute Gasteiger partial charge is 0.307 e. The molecule has 3 fully saturated rings. The largest absolute Gasteiger partial charge is 0.497 e. The van der Waals surface area contributed by atoms with Gasteiger partial charge in [0.25, 0.3) is 0 Å². The Kier molecular flexibility index (Phi) is 10.1. The van der Waals surface area contributed by atoms with Crippen LogP contribution in [-0.2, 0) is 25.5 Å². The van der Waals surface area contributed by atoms with Crippen molar-refractivity contribution in [2.75, 3.05) is 13.7 Å². The maximum Gasteiger partial charge on any atom is 0.307 e. The first-order valence-corrected chi connectivity index (χ1v) is 17.8. The van der Waals surface area contributed by atoms with Crippen molar-refractivity contribution < 1.29 is 28.6 Å². The van der Waals surface area contributed by atoms with Crippen LogP contribution in [0.3, 0.4) is 0 Å². The van der Waals surface area contributed by atoms with E-state index in [0.717, 1.165) is 94.5 Å². The molecule has 9 heteroatoms. The summed E-state index contributed by atoms with van der Waals surface area (Å²) in [5, 5.41) is 0. The van der Waals surface area contributed by atoms with Gasteiger partial charge in [0.1, 0.15) is 29.4 Å². The normalized spacial score (nSPS) is 31.7. The number of aromatic nitrogens is 2. The number of nitrogens with zero attached hydrogens (tertiary/aromatic N) is 3. The first-order chi connectivity index (χ1) is 22.3. The third-order valence-electron chi connectivity index (χ3n) is 11.5. The van der Waals surface area contributed by atoms with Crippen molar-refractivity contribution in [3.05, 3.63) is 23.9 Å². The molecule has 2 aromatic rings. The molecular formula is C37H51N3O6. The molecule has 0 unspecified atom stereocenters. The number of hydrogen-bond acceptors (Lipinski definition) is 8. The molecule has 1 amide bonds. The molecule has 46 heavy (non-hydrogen) atoms. The van der Waals surface area contributed by atoms with Gasteiger partial charge in [-0.1, -0.05) is 39.0 Å². The Morgan fingerprint density at radius 1 is 1.00 bits per heavy atom. The van der Waals surface area contributed by atoms with Crippen LogP contribution < -0.4 is 9.47 Å². The van der Waals surface area contributed by atoms with E-state index in [1.54, 1.807) is 12.0 Å². The lowest BCUT2D eigenvalue weighted by molar-refractivity contribution is -0.166. The average Bonchev–Trinajstić information content (AvgIpc) is 3.61. The van der Waals surface area contributed by atoms with Crippen LogP contribution in [0.2, 0.25) is 0 Å². The summed E-state index contributed by atoms with van der Waals surface area (Å²) in [6, 6.07) is 5.05. The zero-order chi connectivity index (χ0) is 32.3. The first kappa shape index (κ1) is 32.7. The number of carbonyl (C=O) groups is 3. The van der Waals surface area contributed by atoms with Crippen LogP contribution >= 0.6 is 0 Å². The summed E-state index contributed by atoms with van der Waals surface area (Å²) in [6.45, 7) is 4.41. The molecule has 4 aliphatic rings. The third kappa shape index (κ3) is 6.75. The zero-order valence-corrected chi connectivity index (χ0v) is 27.9. The summed E-state index contributed by atoms with van der Waals surface area (Å²) in [7, 11) is 1.63. The highest BCUT2D eigenvalue weighted by atomic mass is 16.6. The van der Waals surface area contributed by atoms with E-state index in [2.05, 4.69) is 6.92 Å². The van der Waals surface area contributed by atoms with Crippen molar-refractivity contribution in [3.8, 4) is 11.6 Å². The Labute approximate surface area is 273 Å². The van der Waals surface area contributed by atoms with Gasteiger partial charge in [-0.05, 0) is 88.7 Å². The lowest BCUT2D eigenvalue weighted by Gasteiger charge is -2.35. The maximum atomic E-state index is 14.5. The van der Waals surface area contributed by atoms with Gasteiger partial charge >= 0.3 is 5.97 Å². The molecule has 0 spiro atoms. The van der Waals surface area contributed by atoms with E-state index >= 15 is 0 Å². The maximum absolute atomic E-state index is 14.5. The molecule has 1 aromatic heterocycles. The van der Waals surface area contributed by atoms with Crippen LogP contribution in [0.4, 0.5) is 0 Å². The van der Waals surface area contributed by atoms with Crippen molar-refractivity contribution in [2.45, 2.75) is 128 Å². The fourth-order valence-electron chi connectivity index (χ4n) is 8.86.